The Kier molecular flexibility index (Phi) is 1.80. The molecule has 0 saturated carbocycles. The lowest BCUT2D eigenvalue weighted by atomic mass is 9.87. The molecule has 1 aliphatic rings. The summed E-state index contributed by atoms with van der Waals surface area (Å²) >= 11 is 0. The van der Waals surface area contributed by atoms with Crippen LogP contribution in [0.1, 0.15) is 25.3 Å². The van der Waals surface area contributed by atoms with Crippen LogP contribution in [0.2, 0.25) is 0 Å². The van der Waals surface area contributed by atoms with Crippen molar-refractivity contribution in [3.8, 4) is 5.75 Å². The number of rotatable bonds is 0. The Labute approximate surface area is 73.4 Å². The minimum Gasteiger partial charge on any atom is -0.493 e. The molecular weight excluding hydrogens is 148 g/mol. The molecule has 1 unspecified atom stereocenters. The van der Waals surface area contributed by atoms with Crippen molar-refractivity contribution in [3.05, 3.63) is 29.8 Å². The van der Waals surface area contributed by atoms with Gasteiger partial charge in [-0.05, 0) is 23.5 Å². The molecule has 0 amide bonds. The van der Waals surface area contributed by atoms with Crippen molar-refractivity contribution < 1.29 is 4.74 Å². The van der Waals surface area contributed by atoms with Gasteiger partial charge in [-0.2, -0.15) is 0 Å². The van der Waals surface area contributed by atoms with Gasteiger partial charge in [0.15, 0.2) is 0 Å². The zero-order chi connectivity index (χ0) is 8.55. The molecular formula is C11H14O. The average molecular weight is 162 g/mol. The van der Waals surface area contributed by atoms with Gasteiger partial charge in [0.1, 0.15) is 5.75 Å². The summed E-state index contributed by atoms with van der Waals surface area (Å²) in [6.45, 7) is 5.37. The molecule has 1 nitrogen and oxygen atoms in total. The van der Waals surface area contributed by atoms with Gasteiger partial charge in [0.2, 0.25) is 0 Å². The number of hydrogen-bond acceptors (Lipinski definition) is 1. The van der Waals surface area contributed by atoms with E-state index in [9.17, 15) is 0 Å². The molecule has 1 aliphatic heterocycles. The van der Waals surface area contributed by atoms with Crippen molar-refractivity contribution in [2.75, 3.05) is 6.61 Å². The highest BCUT2D eigenvalue weighted by molar-refractivity contribution is 5.37. The van der Waals surface area contributed by atoms with E-state index < -0.39 is 0 Å². The van der Waals surface area contributed by atoms with Crippen LogP contribution < -0.4 is 4.74 Å². The second kappa shape index (κ2) is 2.81. The first-order valence-corrected chi connectivity index (χ1v) is 4.51. The van der Waals surface area contributed by atoms with Gasteiger partial charge in [-0.25, -0.2) is 0 Å². The summed E-state index contributed by atoms with van der Waals surface area (Å²) < 4.78 is 5.61. The van der Waals surface area contributed by atoms with Crippen LogP contribution in [-0.2, 0) is 0 Å². The van der Waals surface area contributed by atoms with E-state index >= 15 is 0 Å². The maximum absolute atomic E-state index is 5.61. The van der Waals surface area contributed by atoms with Crippen molar-refractivity contribution in [3.63, 3.8) is 0 Å². The summed E-state index contributed by atoms with van der Waals surface area (Å²) in [6.07, 6.45) is 0. The molecule has 0 saturated heterocycles. The Morgan fingerprint density at radius 3 is 2.83 bits per heavy atom. The van der Waals surface area contributed by atoms with E-state index in [4.69, 9.17) is 4.74 Å². The number of fused-ring (bicyclic) bond motifs is 1. The highest BCUT2D eigenvalue weighted by Gasteiger charge is 2.23. The van der Waals surface area contributed by atoms with Gasteiger partial charge in [-0.1, -0.05) is 32.0 Å². The minimum atomic E-state index is 0.634. The van der Waals surface area contributed by atoms with Crippen molar-refractivity contribution >= 4 is 0 Å². The zero-order valence-corrected chi connectivity index (χ0v) is 7.58. The van der Waals surface area contributed by atoms with Crippen LogP contribution in [0.4, 0.5) is 0 Å². The van der Waals surface area contributed by atoms with E-state index in [1.807, 2.05) is 6.07 Å². The topological polar surface area (TPSA) is 9.23 Å². The van der Waals surface area contributed by atoms with Gasteiger partial charge in [-0.15, -0.1) is 0 Å². The summed E-state index contributed by atoms with van der Waals surface area (Å²) in [5.74, 6) is 2.35. The minimum absolute atomic E-state index is 0.634. The van der Waals surface area contributed by atoms with Crippen LogP contribution in [0, 0.1) is 5.92 Å². The maximum atomic E-state index is 5.61. The van der Waals surface area contributed by atoms with Gasteiger partial charge in [0, 0.05) is 0 Å². The van der Waals surface area contributed by atoms with Crippen molar-refractivity contribution in [2.45, 2.75) is 19.8 Å². The lowest BCUT2D eigenvalue weighted by molar-refractivity contribution is 0.211. The molecule has 1 heterocycles. The summed E-state index contributed by atoms with van der Waals surface area (Å²) in [4.78, 5) is 0. The standard InChI is InChI=1S/C11H14O/c1-8-7-12-11-6-4-3-5-10(11)9(8)2/h3-6,8-9H,7H2,1-2H3/t8?,9-/m0/s1. The summed E-state index contributed by atoms with van der Waals surface area (Å²) in [7, 11) is 0. The Morgan fingerprint density at radius 1 is 1.25 bits per heavy atom. The van der Waals surface area contributed by atoms with E-state index in [0.29, 0.717) is 11.8 Å². The number of para-hydroxylation sites is 1. The fraction of sp³-hybridized carbons (Fsp3) is 0.455. The molecule has 0 spiro atoms. The second-order valence-corrected chi connectivity index (χ2v) is 3.61. The third-order valence-corrected chi connectivity index (χ3v) is 2.76. The quantitative estimate of drug-likeness (QED) is 0.570. The molecule has 2 rings (SSSR count). The van der Waals surface area contributed by atoms with Gasteiger partial charge in [0.05, 0.1) is 6.61 Å². The van der Waals surface area contributed by atoms with E-state index in [1.54, 1.807) is 0 Å². The average Bonchev–Trinajstić information content (AvgIpc) is 2.12. The highest BCUT2D eigenvalue weighted by atomic mass is 16.5. The fourth-order valence-corrected chi connectivity index (χ4v) is 1.66. The number of hydrogen-bond donors (Lipinski definition) is 0. The van der Waals surface area contributed by atoms with E-state index in [0.717, 1.165) is 12.4 Å². The molecule has 2 atom stereocenters. The monoisotopic (exact) mass is 162 g/mol. The first-order valence-electron chi connectivity index (χ1n) is 4.51. The van der Waals surface area contributed by atoms with Gasteiger partial charge in [0.25, 0.3) is 0 Å². The molecule has 1 aromatic rings. The largest absolute Gasteiger partial charge is 0.493 e. The molecule has 0 fully saturated rings. The van der Waals surface area contributed by atoms with Gasteiger partial charge >= 0.3 is 0 Å². The van der Waals surface area contributed by atoms with Crippen molar-refractivity contribution in [2.24, 2.45) is 5.92 Å². The second-order valence-electron chi connectivity index (χ2n) is 3.61. The number of benzene rings is 1. The first-order chi connectivity index (χ1) is 5.79. The van der Waals surface area contributed by atoms with E-state index in [-0.39, 0.29) is 0 Å². The normalized spacial score (nSPS) is 27.5. The highest BCUT2D eigenvalue weighted by Crippen LogP contribution is 2.35. The molecule has 12 heavy (non-hydrogen) atoms. The predicted molar refractivity (Wildman–Crippen MR) is 49.5 cm³/mol. The molecule has 0 aromatic heterocycles. The fourth-order valence-electron chi connectivity index (χ4n) is 1.66. The van der Waals surface area contributed by atoms with Crippen LogP contribution in [0.3, 0.4) is 0 Å². The van der Waals surface area contributed by atoms with Crippen LogP contribution in [-0.4, -0.2) is 6.61 Å². The first kappa shape index (κ1) is 7.66. The Bertz CT molecular complexity index is 280. The van der Waals surface area contributed by atoms with Gasteiger partial charge < -0.3 is 4.74 Å². The molecule has 0 radical (unpaired) electrons. The van der Waals surface area contributed by atoms with Gasteiger partial charge in [-0.3, -0.25) is 0 Å². The van der Waals surface area contributed by atoms with Crippen LogP contribution in [0.15, 0.2) is 24.3 Å². The van der Waals surface area contributed by atoms with Crippen molar-refractivity contribution in [1.29, 1.82) is 0 Å². The third-order valence-electron chi connectivity index (χ3n) is 2.76. The van der Waals surface area contributed by atoms with Crippen LogP contribution >= 0.6 is 0 Å². The molecule has 1 heteroatoms. The summed E-state index contributed by atoms with van der Waals surface area (Å²) in [6, 6.07) is 8.33. The molecule has 1 aromatic carbocycles. The van der Waals surface area contributed by atoms with E-state index in [2.05, 4.69) is 32.0 Å². The predicted octanol–water partition coefficient (Wildman–Crippen LogP) is 2.82. The summed E-state index contributed by atoms with van der Waals surface area (Å²) in [5, 5.41) is 0. The molecule has 0 aliphatic carbocycles. The number of ether oxygens (including phenoxy) is 1. The maximum Gasteiger partial charge on any atom is 0.122 e. The summed E-state index contributed by atoms with van der Waals surface area (Å²) in [5.41, 5.74) is 1.36. The van der Waals surface area contributed by atoms with Crippen LogP contribution in [0.25, 0.3) is 0 Å². The Morgan fingerprint density at radius 2 is 2.00 bits per heavy atom. The van der Waals surface area contributed by atoms with Crippen molar-refractivity contribution in [1.82, 2.24) is 0 Å². The van der Waals surface area contributed by atoms with E-state index in [1.165, 1.54) is 5.56 Å². The lowest BCUT2D eigenvalue weighted by Gasteiger charge is -2.28. The SMILES string of the molecule is CC1COc2ccccc2[C@H]1C. The Balaban J connectivity index is 2.42. The lowest BCUT2D eigenvalue weighted by Crippen LogP contribution is -2.21. The molecule has 64 valence electrons. The Hall–Kier alpha value is -0.980. The zero-order valence-electron chi connectivity index (χ0n) is 7.58. The smallest absolute Gasteiger partial charge is 0.122 e. The molecule has 0 bridgehead atoms. The van der Waals surface area contributed by atoms with Crippen LogP contribution in [0.5, 0.6) is 5.75 Å². The third kappa shape index (κ3) is 1.09. The molecule has 0 N–H and O–H groups in total.